The van der Waals surface area contributed by atoms with Gasteiger partial charge >= 0.3 is 6.18 Å². The third kappa shape index (κ3) is 4.53. The van der Waals surface area contributed by atoms with E-state index in [4.69, 9.17) is 0 Å². The quantitative estimate of drug-likeness (QED) is 0.434. The van der Waals surface area contributed by atoms with Gasteiger partial charge in [0, 0.05) is 17.3 Å². The van der Waals surface area contributed by atoms with E-state index in [9.17, 15) is 17.6 Å². The molecule has 2 fully saturated rings. The van der Waals surface area contributed by atoms with Gasteiger partial charge in [-0.3, -0.25) is 10.00 Å². The normalized spacial score (nSPS) is 18.7. The van der Waals surface area contributed by atoms with E-state index >= 15 is 0 Å². The molecule has 2 N–H and O–H groups in total. The van der Waals surface area contributed by atoms with E-state index < -0.39 is 17.3 Å². The molecule has 2 aromatic heterocycles. The topological polar surface area (TPSA) is 56.8 Å². The molecule has 2 aliphatic rings. The van der Waals surface area contributed by atoms with Crippen molar-refractivity contribution in [3.05, 3.63) is 70.8 Å². The van der Waals surface area contributed by atoms with Crippen LogP contribution in [0.1, 0.15) is 48.2 Å². The van der Waals surface area contributed by atoms with E-state index in [1.807, 2.05) is 13.0 Å². The van der Waals surface area contributed by atoms with Crippen LogP contribution in [-0.4, -0.2) is 33.2 Å². The van der Waals surface area contributed by atoms with Gasteiger partial charge in [0.05, 0.1) is 11.3 Å². The van der Waals surface area contributed by atoms with Gasteiger partial charge < -0.3 is 5.32 Å². The summed E-state index contributed by atoms with van der Waals surface area (Å²) in [6.07, 6.45) is -0.786. The Morgan fingerprint density at radius 3 is 2.47 bits per heavy atom. The number of likely N-dealkylation sites (tertiary alicyclic amines) is 1. The van der Waals surface area contributed by atoms with Gasteiger partial charge in [0.2, 0.25) is 0 Å². The highest BCUT2D eigenvalue weighted by atomic mass is 19.4. The molecule has 1 saturated carbocycles. The summed E-state index contributed by atoms with van der Waals surface area (Å²) in [5.74, 6) is 1.03. The fourth-order valence-corrected chi connectivity index (χ4v) is 5.16. The van der Waals surface area contributed by atoms with Gasteiger partial charge in [-0.1, -0.05) is 18.2 Å². The summed E-state index contributed by atoms with van der Waals surface area (Å²) in [5, 5.41) is 10.0. The molecule has 3 heterocycles. The van der Waals surface area contributed by atoms with Crippen LogP contribution in [0.4, 0.5) is 29.2 Å². The maximum atomic E-state index is 14.5. The average molecular weight is 474 g/mol. The number of piperidine rings is 1. The summed E-state index contributed by atoms with van der Waals surface area (Å²) in [4.78, 5) is 6.66. The lowest BCUT2D eigenvalue weighted by Gasteiger charge is -2.39. The molecule has 5 rings (SSSR count). The van der Waals surface area contributed by atoms with Crippen LogP contribution in [0.25, 0.3) is 0 Å². The number of hydrogen-bond donors (Lipinski definition) is 2. The third-order valence-electron chi connectivity index (χ3n) is 7.04. The third-order valence-corrected chi connectivity index (χ3v) is 7.04. The minimum absolute atomic E-state index is 0.231. The Kier molecular flexibility index (Phi) is 5.83. The van der Waals surface area contributed by atoms with Crippen molar-refractivity contribution in [3.8, 4) is 0 Å². The SMILES string of the molecule is Cc1cc(Nc2ccc(F)c(CC3CCN(C4(c5ccccc5C(F)(F)F)CC4)CC3)n2)n[nH]1. The maximum absolute atomic E-state index is 14.5. The van der Waals surface area contributed by atoms with E-state index in [1.54, 1.807) is 18.2 Å². The lowest BCUT2D eigenvalue weighted by molar-refractivity contribution is -0.139. The van der Waals surface area contributed by atoms with Crippen molar-refractivity contribution < 1.29 is 17.6 Å². The Hall–Kier alpha value is -2.94. The smallest absolute Gasteiger partial charge is 0.323 e. The molecular formula is C25H27F4N5. The van der Waals surface area contributed by atoms with Crippen LogP contribution in [0, 0.1) is 18.7 Å². The predicted octanol–water partition coefficient (Wildman–Crippen LogP) is 5.96. The minimum Gasteiger partial charge on any atom is -0.323 e. The van der Waals surface area contributed by atoms with E-state index in [2.05, 4.69) is 25.4 Å². The number of benzene rings is 1. The number of aromatic nitrogens is 3. The largest absolute Gasteiger partial charge is 0.416 e. The number of H-pyrrole nitrogens is 1. The molecule has 1 aliphatic heterocycles. The highest BCUT2D eigenvalue weighted by molar-refractivity contribution is 5.51. The van der Waals surface area contributed by atoms with Crippen LogP contribution in [0.15, 0.2) is 42.5 Å². The number of pyridine rings is 1. The van der Waals surface area contributed by atoms with Crippen molar-refractivity contribution in [2.75, 3.05) is 18.4 Å². The summed E-state index contributed by atoms with van der Waals surface area (Å²) in [5.41, 5.74) is 0.645. The molecule has 0 radical (unpaired) electrons. The number of alkyl halides is 3. The molecule has 5 nitrogen and oxygen atoms in total. The van der Waals surface area contributed by atoms with Crippen LogP contribution in [-0.2, 0) is 18.1 Å². The first-order valence-electron chi connectivity index (χ1n) is 11.6. The predicted molar refractivity (Wildman–Crippen MR) is 121 cm³/mol. The van der Waals surface area contributed by atoms with Gasteiger partial charge in [0.1, 0.15) is 11.6 Å². The van der Waals surface area contributed by atoms with Crippen LogP contribution >= 0.6 is 0 Å². The fourth-order valence-electron chi connectivity index (χ4n) is 5.16. The number of nitrogens with zero attached hydrogens (tertiary/aromatic N) is 3. The Morgan fingerprint density at radius 1 is 1.09 bits per heavy atom. The van der Waals surface area contributed by atoms with Crippen LogP contribution < -0.4 is 5.32 Å². The summed E-state index contributed by atoms with van der Waals surface area (Å²) in [7, 11) is 0. The standard InChI is InChI=1S/C25H27F4N5/c1-16-14-23(33-32-16)31-22-7-6-20(26)21(30-22)15-17-8-12-34(13-9-17)24(10-11-24)18-4-2-3-5-19(18)25(27,28)29/h2-7,14,17H,8-13,15H2,1H3,(H2,30,31,32,33). The Labute approximate surface area is 195 Å². The maximum Gasteiger partial charge on any atom is 0.416 e. The second-order valence-corrected chi connectivity index (χ2v) is 9.40. The van der Waals surface area contributed by atoms with Crippen molar-refractivity contribution in [2.24, 2.45) is 5.92 Å². The molecule has 1 aromatic carbocycles. The number of aryl methyl sites for hydroxylation is 1. The van der Waals surface area contributed by atoms with Gasteiger partial charge in [0.15, 0.2) is 5.82 Å². The summed E-state index contributed by atoms with van der Waals surface area (Å²) >= 11 is 0. The molecule has 0 bridgehead atoms. The van der Waals surface area contributed by atoms with Gasteiger partial charge in [-0.25, -0.2) is 9.37 Å². The lowest BCUT2D eigenvalue weighted by atomic mass is 9.88. The van der Waals surface area contributed by atoms with Crippen LogP contribution in [0.5, 0.6) is 0 Å². The molecule has 0 spiro atoms. The fraction of sp³-hybridized carbons (Fsp3) is 0.440. The Balaban J connectivity index is 1.25. The Morgan fingerprint density at radius 2 is 1.82 bits per heavy atom. The molecule has 0 atom stereocenters. The van der Waals surface area contributed by atoms with Crippen molar-refractivity contribution in [1.82, 2.24) is 20.1 Å². The number of hydrogen-bond acceptors (Lipinski definition) is 4. The van der Waals surface area contributed by atoms with E-state index in [-0.39, 0.29) is 11.7 Å². The first-order chi connectivity index (χ1) is 16.2. The van der Waals surface area contributed by atoms with Gasteiger partial charge in [-0.15, -0.1) is 0 Å². The number of rotatable bonds is 6. The molecule has 34 heavy (non-hydrogen) atoms. The van der Waals surface area contributed by atoms with Crippen molar-refractivity contribution >= 4 is 11.6 Å². The van der Waals surface area contributed by atoms with E-state index in [1.165, 1.54) is 18.2 Å². The average Bonchev–Trinajstić information content (AvgIpc) is 3.52. The monoisotopic (exact) mass is 473 g/mol. The molecule has 1 saturated heterocycles. The van der Waals surface area contributed by atoms with Gasteiger partial charge in [-0.2, -0.15) is 18.3 Å². The lowest BCUT2D eigenvalue weighted by Crippen LogP contribution is -2.42. The van der Waals surface area contributed by atoms with Crippen molar-refractivity contribution in [2.45, 2.75) is 50.7 Å². The highest BCUT2D eigenvalue weighted by Crippen LogP contribution is 2.55. The van der Waals surface area contributed by atoms with E-state index in [0.29, 0.717) is 42.4 Å². The first-order valence-corrected chi connectivity index (χ1v) is 11.6. The minimum atomic E-state index is -4.36. The van der Waals surface area contributed by atoms with Crippen molar-refractivity contribution in [3.63, 3.8) is 0 Å². The summed E-state index contributed by atoms with van der Waals surface area (Å²) in [6, 6.07) is 10.8. The molecule has 3 aromatic rings. The number of halogens is 4. The molecule has 0 amide bonds. The zero-order chi connectivity index (χ0) is 23.9. The number of aromatic amines is 1. The zero-order valence-corrected chi connectivity index (χ0v) is 18.9. The molecule has 0 unspecified atom stereocenters. The first kappa shape index (κ1) is 22.8. The number of anilines is 2. The molecule has 9 heteroatoms. The summed E-state index contributed by atoms with van der Waals surface area (Å²) in [6.45, 7) is 3.29. The zero-order valence-electron chi connectivity index (χ0n) is 18.9. The van der Waals surface area contributed by atoms with Crippen LogP contribution in [0.2, 0.25) is 0 Å². The summed E-state index contributed by atoms with van der Waals surface area (Å²) < 4.78 is 55.3. The van der Waals surface area contributed by atoms with Gasteiger partial charge in [-0.05, 0) is 81.8 Å². The highest BCUT2D eigenvalue weighted by Gasteiger charge is 2.53. The molecule has 180 valence electrons. The molecule has 1 aliphatic carbocycles. The second-order valence-electron chi connectivity index (χ2n) is 9.40. The second kappa shape index (κ2) is 8.69. The molecular weight excluding hydrogens is 446 g/mol. The Bertz CT molecular complexity index is 1160. The van der Waals surface area contributed by atoms with E-state index in [0.717, 1.165) is 31.4 Å². The number of nitrogens with one attached hydrogen (secondary N) is 2. The van der Waals surface area contributed by atoms with Crippen LogP contribution in [0.3, 0.4) is 0 Å². The van der Waals surface area contributed by atoms with Gasteiger partial charge in [0.25, 0.3) is 0 Å². The van der Waals surface area contributed by atoms with Crippen molar-refractivity contribution in [1.29, 1.82) is 0 Å².